The van der Waals surface area contributed by atoms with E-state index < -0.39 is 0 Å². The van der Waals surface area contributed by atoms with Gasteiger partial charge in [0.2, 0.25) is 0 Å². The monoisotopic (exact) mass is 414 g/mol. The normalized spacial score (nSPS) is 24.4. The van der Waals surface area contributed by atoms with E-state index >= 15 is 0 Å². The summed E-state index contributed by atoms with van der Waals surface area (Å²) in [5, 5.41) is 6.56. The second kappa shape index (κ2) is 10.1. The standard InChI is InChI=1S/C24H38N4O2/c1-27-13-15-28(16-14-27)19-22(20-5-3-2-4-6-20)26-23(29)25-21-7-9-24(10-8-21)11-17-30-18-12-24/h2-6,21-22H,7-19H2,1H3,(H2,25,26,29). The van der Waals surface area contributed by atoms with Crippen molar-refractivity contribution < 1.29 is 9.53 Å². The third-order valence-electron chi connectivity index (χ3n) is 7.48. The molecule has 2 N–H and O–H groups in total. The Hall–Kier alpha value is -1.63. The molecule has 30 heavy (non-hydrogen) atoms. The van der Waals surface area contributed by atoms with E-state index in [1.807, 2.05) is 6.07 Å². The maximum absolute atomic E-state index is 12.9. The number of benzene rings is 1. The zero-order valence-corrected chi connectivity index (χ0v) is 18.4. The Morgan fingerprint density at radius 2 is 1.73 bits per heavy atom. The second-order valence-electron chi connectivity index (χ2n) is 9.57. The number of carbonyl (C=O) groups excluding carboxylic acids is 1. The third-order valence-corrected chi connectivity index (χ3v) is 7.48. The molecule has 3 aliphatic rings. The molecule has 6 nitrogen and oxygen atoms in total. The minimum absolute atomic E-state index is 0.0139. The van der Waals surface area contributed by atoms with Gasteiger partial charge in [0, 0.05) is 52.0 Å². The lowest BCUT2D eigenvalue weighted by molar-refractivity contribution is -0.00863. The minimum Gasteiger partial charge on any atom is -0.381 e. The van der Waals surface area contributed by atoms with Gasteiger partial charge in [-0.1, -0.05) is 30.3 Å². The van der Waals surface area contributed by atoms with Crippen LogP contribution in [-0.4, -0.2) is 74.9 Å². The van der Waals surface area contributed by atoms with Crippen molar-refractivity contribution in [1.82, 2.24) is 20.4 Å². The number of nitrogens with zero attached hydrogens (tertiary/aromatic N) is 2. The Balaban J connectivity index is 1.30. The first-order valence-corrected chi connectivity index (χ1v) is 11.7. The number of hydrogen-bond donors (Lipinski definition) is 2. The molecule has 1 aromatic rings. The average molecular weight is 415 g/mol. The smallest absolute Gasteiger partial charge is 0.315 e. The Morgan fingerprint density at radius 3 is 2.40 bits per heavy atom. The first-order valence-electron chi connectivity index (χ1n) is 11.7. The highest BCUT2D eigenvalue weighted by atomic mass is 16.5. The molecule has 1 aliphatic carbocycles. The summed E-state index contributed by atoms with van der Waals surface area (Å²) in [5.74, 6) is 0. The van der Waals surface area contributed by atoms with Gasteiger partial charge in [-0.3, -0.25) is 4.90 Å². The van der Waals surface area contributed by atoms with E-state index in [0.717, 1.165) is 58.8 Å². The Kier molecular flexibility index (Phi) is 7.28. The van der Waals surface area contributed by atoms with Gasteiger partial charge in [-0.05, 0) is 56.6 Å². The molecule has 0 aromatic heterocycles. The fraction of sp³-hybridized carbons (Fsp3) is 0.708. The largest absolute Gasteiger partial charge is 0.381 e. The number of urea groups is 1. The van der Waals surface area contributed by atoms with Crippen LogP contribution in [0.4, 0.5) is 4.79 Å². The molecule has 4 rings (SSSR count). The van der Waals surface area contributed by atoms with E-state index in [0.29, 0.717) is 11.5 Å². The van der Waals surface area contributed by atoms with Gasteiger partial charge < -0.3 is 20.3 Å². The first-order chi connectivity index (χ1) is 14.6. The summed E-state index contributed by atoms with van der Waals surface area (Å²) in [4.78, 5) is 17.7. The van der Waals surface area contributed by atoms with Crippen LogP contribution >= 0.6 is 0 Å². The number of ether oxygens (including phenoxy) is 1. The molecular weight excluding hydrogens is 376 g/mol. The first kappa shape index (κ1) is 21.6. The molecule has 0 bridgehead atoms. The summed E-state index contributed by atoms with van der Waals surface area (Å²) in [6, 6.07) is 10.7. The molecule has 0 radical (unpaired) electrons. The molecule has 1 unspecified atom stereocenters. The highest BCUT2D eigenvalue weighted by Gasteiger charge is 2.37. The zero-order valence-electron chi connectivity index (χ0n) is 18.4. The van der Waals surface area contributed by atoms with Gasteiger partial charge in [-0.2, -0.15) is 0 Å². The van der Waals surface area contributed by atoms with E-state index in [4.69, 9.17) is 4.74 Å². The fourth-order valence-electron chi connectivity index (χ4n) is 5.27. The third kappa shape index (κ3) is 5.74. The minimum atomic E-state index is -0.0223. The molecule has 1 atom stereocenters. The zero-order chi connectivity index (χ0) is 20.8. The van der Waals surface area contributed by atoms with E-state index in [2.05, 4.69) is 51.7 Å². The van der Waals surface area contributed by atoms with Gasteiger partial charge in [-0.25, -0.2) is 4.79 Å². The lowest BCUT2D eigenvalue weighted by Gasteiger charge is -2.43. The van der Waals surface area contributed by atoms with Gasteiger partial charge >= 0.3 is 6.03 Å². The van der Waals surface area contributed by atoms with E-state index in [1.165, 1.54) is 31.2 Å². The number of carbonyl (C=O) groups is 1. The quantitative estimate of drug-likeness (QED) is 0.778. The summed E-state index contributed by atoms with van der Waals surface area (Å²) in [6.45, 7) is 6.95. The Labute approximate surface area is 181 Å². The van der Waals surface area contributed by atoms with Crippen LogP contribution in [0.2, 0.25) is 0 Å². The topological polar surface area (TPSA) is 56.8 Å². The van der Waals surface area contributed by atoms with Crippen molar-refractivity contribution in [3.8, 4) is 0 Å². The number of rotatable bonds is 5. The molecular formula is C24H38N4O2. The van der Waals surface area contributed by atoms with Crippen molar-refractivity contribution in [1.29, 1.82) is 0 Å². The van der Waals surface area contributed by atoms with Gasteiger partial charge in [0.25, 0.3) is 0 Å². The average Bonchev–Trinajstić information content (AvgIpc) is 2.78. The molecule has 2 saturated heterocycles. The van der Waals surface area contributed by atoms with Crippen LogP contribution < -0.4 is 10.6 Å². The van der Waals surface area contributed by atoms with Crippen LogP contribution in [0.25, 0.3) is 0 Å². The molecule has 166 valence electrons. The molecule has 1 spiro atoms. The summed E-state index contributed by atoms with van der Waals surface area (Å²) in [5.41, 5.74) is 1.65. The van der Waals surface area contributed by atoms with Gasteiger partial charge in [-0.15, -0.1) is 0 Å². The lowest BCUT2D eigenvalue weighted by atomic mass is 9.68. The molecule has 2 amide bonds. The molecule has 6 heteroatoms. The molecule has 2 heterocycles. The van der Waals surface area contributed by atoms with Crippen molar-refractivity contribution in [2.75, 3.05) is 53.0 Å². The predicted molar refractivity (Wildman–Crippen MR) is 120 cm³/mol. The van der Waals surface area contributed by atoms with Crippen LogP contribution in [-0.2, 0) is 4.74 Å². The lowest BCUT2D eigenvalue weighted by Crippen LogP contribution is -2.50. The maximum Gasteiger partial charge on any atom is 0.315 e. The molecule has 1 aromatic carbocycles. The number of amides is 2. The Morgan fingerprint density at radius 1 is 1.07 bits per heavy atom. The number of piperazine rings is 1. The van der Waals surface area contributed by atoms with E-state index in [1.54, 1.807) is 0 Å². The number of nitrogens with one attached hydrogen (secondary N) is 2. The van der Waals surface area contributed by atoms with Crippen molar-refractivity contribution in [3.05, 3.63) is 35.9 Å². The van der Waals surface area contributed by atoms with Crippen LogP contribution in [0.15, 0.2) is 30.3 Å². The fourth-order valence-corrected chi connectivity index (χ4v) is 5.27. The van der Waals surface area contributed by atoms with Gasteiger partial charge in [0.05, 0.1) is 6.04 Å². The van der Waals surface area contributed by atoms with Crippen molar-refractivity contribution in [2.24, 2.45) is 5.41 Å². The van der Waals surface area contributed by atoms with Crippen LogP contribution in [0.1, 0.15) is 50.1 Å². The van der Waals surface area contributed by atoms with E-state index in [-0.39, 0.29) is 12.1 Å². The maximum atomic E-state index is 12.9. The molecule has 1 saturated carbocycles. The van der Waals surface area contributed by atoms with Crippen molar-refractivity contribution >= 4 is 6.03 Å². The van der Waals surface area contributed by atoms with Gasteiger partial charge in [0.15, 0.2) is 0 Å². The molecule has 3 fully saturated rings. The Bertz CT molecular complexity index is 659. The number of hydrogen-bond acceptors (Lipinski definition) is 4. The second-order valence-corrected chi connectivity index (χ2v) is 9.57. The number of likely N-dealkylation sites (N-methyl/N-ethyl adjacent to an activating group) is 1. The summed E-state index contributed by atoms with van der Waals surface area (Å²) >= 11 is 0. The highest BCUT2D eigenvalue weighted by molar-refractivity contribution is 5.74. The van der Waals surface area contributed by atoms with Crippen molar-refractivity contribution in [2.45, 2.75) is 50.6 Å². The summed E-state index contributed by atoms with van der Waals surface area (Å²) in [6.07, 6.45) is 6.97. The van der Waals surface area contributed by atoms with Crippen molar-refractivity contribution in [3.63, 3.8) is 0 Å². The van der Waals surface area contributed by atoms with Crippen LogP contribution in [0, 0.1) is 5.41 Å². The predicted octanol–water partition coefficient (Wildman–Crippen LogP) is 3.01. The summed E-state index contributed by atoms with van der Waals surface area (Å²) in [7, 11) is 2.17. The highest BCUT2D eigenvalue weighted by Crippen LogP contribution is 2.44. The van der Waals surface area contributed by atoms with Crippen LogP contribution in [0.5, 0.6) is 0 Å². The van der Waals surface area contributed by atoms with Crippen LogP contribution in [0.3, 0.4) is 0 Å². The summed E-state index contributed by atoms with van der Waals surface area (Å²) < 4.78 is 5.56. The molecule has 2 aliphatic heterocycles. The van der Waals surface area contributed by atoms with E-state index in [9.17, 15) is 4.79 Å². The SMILES string of the molecule is CN1CCN(CC(NC(=O)NC2CCC3(CCOCC3)CC2)c2ccccc2)CC1. The van der Waals surface area contributed by atoms with Gasteiger partial charge in [0.1, 0.15) is 0 Å².